The molecule has 2 heterocycles. The molecule has 0 saturated heterocycles. The highest BCUT2D eigenvalue weighted by Gasteiger charge is 2.19. The average molecular weight is 296 g/mol. The minimum absolute atomic E-state index is 0.350. The van der Waals surface area contributed by atoms with E-state index in [9.17, 15) is 4.79 Å². The van der Waals surface area contributed by atoms with Crippen molar-refractivity contribution in [2.75, 3.05) is 6.61 Å². The maximum absolute atomic E-state index is 12.1. The maximum atomic E-state index is 12.1. The van der Waals surface area contributed by atoms with Crippen LogP contribution in [0.1, 0.15) is 48.3 Å². The molecule has 22 heavy (non-hydrogen) atoms. The van der Waals surface area contributed by atoms with Gasteiger partial charge in [0.15, 0.2) is 5.69 Å². The first-order valence-electron chi connectivity index (χ1n) is 7.61. The zero-order chi connectivity index (χ0) is 15.9. The number of pyridine rings is 1. The summed E-state index contributed by atoms with van der Waals surface area (Å²) in [6, 6.07) is 6.26. The van der Waals surface area contributed by atoms with Gasteiger partial charge in [-0.25, -0.2) is 9.78 Å². The van der Waals surface area contributed by atoms with E-state index in [1.54, 1.807) is 13.1 Å². The highest BCUT2D eigenvalue weighted by atomic mass is 16.5. The fraction of sp³-hybridized carbons (Fsp3) is 0.333. The molecule has 114 valence electrons. The van der Waals surface area contributed by atoms with Gasteiger partial charge in [-0.15, -0.1) is 0 Å². The number of aromatic nitrogens is 2. The van der Waals surface area contributed by atoms with Gasteiger partial charge in [-0.05, 0) is 37.0 Å². The number of nitrogens with one attached hydrogen (secondary N) is 1. The van der Waals surface area contributed by atoms with Crippen molar-refractivity contribution >= 4 is 27.8 Å². The predicted octanol–water partition coefficient (Wildman–Crippen LogP) is 4.32. The second-order valence-corrected chi connectivity index (χ2v) is 5.79. The summed E-state index contributed by atoms with van der Waals surface area (Å²) in [5.74, 6) is 0.0413. The summed E-state index contributed by atoms with van der Waals surface area (Å²) in [6.45, 7) is 8.44. The van der Waals surface area contributed by atoms with E-state index >= 15 is 0 Å². The summed E-state index contributed by atoms with van der Waals surface area (Å²) < 4.78 is 5.11. The molecule has 0 radical (unpaired) electrons. The monoisotopic (exact) mass is 296 g/mol. The van der Waals surface area contributed by atoms with Crippen LogP contribution in [0.2, 0.25) is 0 Å². The third-order valence-electron chi connectivity index (χ3n) is 4.03. The fourth-order valence-corrected chi connectivity index (χ4v) is 3.01. The Morgan fingerprint density at radius 3 is 2.73 bits per heavy atom. The quantitative estimate of drug-likeness (QED) is 0.732. The lowest BCUT2D eigenvalue weighted by Crippen LogP contribution is -2.09. The molecule has 4 nitrogen and oxygen atoms in total. The number of ether oxygens (including phenoxy) is 1. The van der Waals surface area contributed by atoms with Crippen LogP contribution in [-0.4, -0.2) is 22.5 Å². The van der Waals surface area contributed by atoms with Gasteiger partial charge in [0.2, 0.25) is 0 Å². The summed E-state index contributed by atoms with van der Waals surface area (Å²) in [5.41, 5.74) is 4.57. The number of aryl methyl sites for hydroxylation is 1. The van der Waals surface area contributed by atoms with Crippen molar-refractivity contribution in [1.29, 1.82) is 0 Å². The molecule has 1 aromatic carbocycles. The van der Waals surface area contributed by atoms with Gasteiger partial charge in [0.1, 0.15) is 0 Å². The van der Waals surface area contributed by atoms with Crippen molar-refractivity contribution in [3.05, 3.63) is 41.2 Å². The lowest BCUT2D eigenvalue weighted by Gasteiger charge is -2.09. The highest BCUT2D eigenvalue weighted by Crippen LogP contribution is 2.34. The third-order valence-corrected chi connectivity index (χ3v) is 4.03. The molecule has 3 rings (SSSR count). The predicted molar refractivity (Wildman–Crippen MR) is 88.4 cm³/mol. The second-order valence-electron chi connectivity index (χ2n) is 5.79. The molecule has 0 aliphatic carbocycles. The molecular formula is C18H20N2O2. The molecule has 0 saturated carbocycles. The molecule has 0 aliphatic heterocycles. The van der Waals surface area contributed by atoms with Gasteiger partial charge in [0.05, 0.1) is 18.3 Å². The molecule has 0 atom stereocenters. The summed E-state index contributed by atoms with van der Waals surface area (Å²) in [4.78, 5) is 19.8. The fourth-order valence-electron chi connectivity index (χ4n) is 3.01. The van der Waals surface area contributed by atoms with E-state index in [0.29, 0.717) is 18.2 Å². The first-order chi connectivity index (χ1) is 10.5. The van der Waals surface area contributed by atoms with Gasteiger partial charge in [-0.1, -0.05) is 26.0 Å². The smallest absolute Gasteiger partial charge is 0.357 e. The Labute approximate surface area is 129 Å². The Morgan fingerprint density at radius 1 is 1.27 bits per heavy atom. The Hall–Kier alpha value is -2.36. The van der Waals surface area contributed by atoms with Gasteiger partial charge in [0.25, 0.3) is 0 Å². The molecule has 0 fully saturated rings. The van der Waals surface area contributed by atoms with E-state index in [0.717, 1.165) is 22.0 Å². The number of benzene rings is 1. The lowest BCUT2D eigenvalue weighted by molar-refractivity contribution is 0.0519. The Kier molecular flexibility index (Phi) is 3.61. The number of hydrogen-bond acceptors (Lipinski definition) is 3. The molecule has 0 amide bonds. The van der Waals surface area contributed by atoms with Crippen molar-refractivity contribution in [3.8, 4) is 0 Å². The van der Waals surface area contributed by atoms with Crippen LogP contribution in [-0.2, 0) is 4.74 Å². The number of carbonyl (C=O) groups excluding carboxylic acids is 1. The Bertz CT molecular complexity index is 862. The number of esters is 1. The molecule has 3 aromatic rings. The zero-order valence-electron chi connectivity index (χ0n) is 13.4. The zero-order valence-corrected chi connectivity index (χ0v) is 13.4. The number of nitrogens with zero attached hydrogens (tertiary/aromatic N) is 1. The van der Waals surface area contributed by atoms with E-state index in [4.69, 9.17) is 4.74 Å². The Balaban J connectivity index is 2.37. The van der Waals surface area contributed by atoms with Gasteiger partial charge in [-0.2, -0.15) is 0 Å². The van der Waals surface area contributed by atoms with Gasteiger partial charge < -0.3 is 9.72 Å². The Morgan fingerprint density at radius 2 is 2.05 bits per heavy atom. The minimum atomic E-state index is -0.363. The van der Waals surface area contributed by atoms with Crippen LogP contribution in [0, 0.1) is 6.92 Å². The SMILES string of the molecule is CCOC(=O)c1ncc2[nH]c3cccc(C(C)C)c3c2c1C. The van der Waals surface area contributed by atoms with Gasteiger partial charge >= 0.3 is 5.97 Å². The first kappa shape index (κ1) is 14.6. The van der Waals surface area contributed by atoms with Crippen LogP contribution in [0.5, 0.6) is 0 Å². The number of carbonyl (C=O) groups is 1. The van der Waals surface area contributed by atoms with E-state index in [2.05, 4.69) is 42.0 Å². The summed E-state index contributed by atoms with van der Waals surface area (Å²) in [7, 11) is 0. The van der Waals surface area contributed by atoms with Crippen LogP contribution in [0.4, 0.5) is 0 Å². The molecule has 4 heteroatoms. The van der Waals surface area contributed by atoms with E-state index in [1.165, 1.54) is 10.9 Å². The number of hydrogen-bond donors (Lipinski definition) is 1. The van der Waals surface area contributed by atoms with Crippen molar-refractivity contribution in [2.24, 2.45) is 0 Å². The third kappa shape index (κ3) is 2.15. The van der Waals surface area contributed by atoms with Crippen molar-refractivity contribution < 1.29 is 9.53 Å². The van der Waals surface area contributed by atoms with E-state index in [1.807, 2.05) is 6.92 Å². The van der Waals surface area contributed by atoms with Crippen LogP contribution >= 0.6 is 0 Å². The number of fused-ring (bicyclic) bond motifs is 3. The number of rotatable bonds is 3. The van der Waals surface area contributed by atoms with Crippen LogP contribution in [0.3, 0.4) is 0 Å². The maximum Gasteiger partial charge on any atom is 0.357 e. The van der Waals surface area contributed by atoms with Crippen molar-refractivity contribution in [3.63, 3.8) is 0 Å². The van der Waals surface area contributed by atoms with E-state index in [-0.39, 0.29) is 5.97 Å². The van der Waals surface area contributed by atoms with Crippen LogP contribution in [0.15, 0.2) is 24.4 Å². The van der Waals surface area contributed by atoms with Crippen LogP contribution < -0.4 is 0 Å². The highest BCUT2D eigenvalue weighted by molar-refractivity contribution is 6.12. The summed E-state index contributed by atoms with van der Waals surface area (Å²) >= 11 is 0. The normalized spacial score (nSPS) is 11.5. The molecule has 0 unspecified atom stereocenters. The summed E-state index contributed by atoms with van der Waals surface area (Å²) in [6.07, 6.45) is 1.72. The van der Waals surface area contributed by atoms with Crippen molar-refractivity contribution in [1.82, 2.24) is 9.97 Å². The number of H-pyrrole nitrogens is 1. The van der Waals surface area contributed by atoms with E-state index < -0.39 is 0 Å². The second kappa shape index (κ2) is 5.44. The molecule has 2 aromatic heterocycles. The van der Waals surface area contributed by atoms with Gasteiger partial charge in [-0.3, -0.25) is 0 Å². The average Bonchev–Trinajstić information content (AvgIpc) is 2.86. The largest absolute Gasteiger partial charge is 0.461 e. The summed E-state index contributed by atoms with van der Waals surface area (Å²) in [5, 5.41) is 2.25. The minimum Gasteiger partial charge on any atom is -0.461 e. The molecule has 0 aliphatic rings. The van der Waals surface area contributed by atoms with Crippen molar-refractivity contribution in [2.45, 2.75) is 33.6 Å². The topological polar surface area (TPSA) is 55.0 Å². The molecular weight excluding hydrogens is 276 g/mol. The van der Waals surface area contributed by atoms with Gasteiger partial charge in [0, 0.05) is 16.3 Å². The molecule has 1 N–H and O–H groups in total. The lowest BCUT2D eigenvalue weighted by atomic mass is 9.95. The molecule has 0 spiro atoms. The standard InChI is InChI=1S/C18H20N2O2/c1-5-22-18(21)17-11(4)15-14(9-19-17)20-13-8-6-7-12(10(2)3)16(13)15/h6-10,20H,5H2,1-4H3. The van der Waals surface area contributed by atoms with Crippen LogP contribution in [0.25, 0.3) is 21.8 Å². The molecule has 0 bridgehead atoms. The number of aromatic amines is 1. The first-order valence-corrected chi connectivity index (χ1v) is 7.61.